The van der Waals surface area contributed by atoms with Gasteiger partial charge < -0.3 is 24.8 Å². The highest BCUT2D eigenvalue weighted by molar-refractivity contribution is 7.17. The fourth-order valence-corrected chi connectivity index (χ4v) is 4.98. The van der Waals surface area contributed by atoms with Crippen LogP contribution in [-0.2, 0) is 11.3 Å². The second-order valence-corrected chi connectivity index (χ2v) is 10.00. The third-order valence-corrected chi connectivity index (χ3v) is 7.32. The average molecular weight is 546 g/mol. The minimum atomic E-state index is -0.131. The Balaban J connectivity index is 1.14. The molecule has 9 nitrogen and oxygen atoms in total. The molecule has 0 aliphatic carbocycles. The number of nitrogens with one attached hydrogen (secondary N) is 2. The topological polar surface area (TPSA) is 97.8 Å². The lowest BCUT2D eigenvalue weighted by atomic mass is 10.2. The molecule has 5 rings (SSSR count). The van der Waals surface area contributed by atoms with Gasteiger partial charge in [-0.2, -0.15) is 0 Å². The number of aromatic nitrogens is 2. The maximum Gasteiger partial charge on any atom is 0.261 e. The van der Waals surface area contributed by atoms with Gasteiger partial charge in [-0.3, -0.25) is 9.69 Å². The summed E-state index contributed by atoms with van der Waals surface area (Å²) in [7, 11) is 1.62. The number of hydrogen-bond donors (Lipinski definition) is 2. The van der Waals surface area contributed by atoms with Gasteiger partial charge in [0, 0.05) is 38.1 Å². The molecular weight excluding hydrogens is 514 g/mol. The van der Waals surface area contributed by atoms with E-state index in [-0.39, 0.29) is 5.91 Å². The second kappa shape index (κ2) is 13.2. The van der Waals surface area contributed by atoms with Crippen molar-refractivity contribution in [3.05, 3.63) is 83.4 Å². The Morgan fingerprint density at radius 2 is 1.90 bits per heavy atom. The van der Waals surface area contributed by atoms with Crippen LogP contribution < -0.4 is 20.1 Å². The van der Waals surface area contributed by atoms with Crippen molar-refractivity contribution in [3.63, 3.8) is 0 Å². The summed E-state index contributed by atoms with van der Waals surface area (Å²) in [6.07, 6.45) is 1.70. The van der Waals surface area contributed by atoms with E-state index in [1.807, 2.05) is 66.7 Å². The molecule has 1 amide bonds. The lowest BCUT2D eigenvalue weighted by molar-refractivity contribution is 0.0322. The third kappa shape index (κ3) is 7.53. The molecule has 0 unspecified atom stereocenters. The van der Waals surface area contributed by atoms with Crippen LogP contribution >= 0.6 is 11.3 Å². The molecule has 3 heterocycles. The first-order chi connectivity index (χ1) is 19.2. The van der Waals surface area contributed by atoms with Crippen molar-refractivity contribution in [2.45, 2.75) is 6.54 Å². The number of carbonyl (C=O) groups is 1. The van der Waals surface area contributed by atoms with Crippen molar-refractivity contribution < 1.29 is 19.0 Å². The summed E-state index contributed by atoms with van der Waals surface area (Å²) in [6, 6.07) is 20.9. The fourth-order valence-electron chi connectivity index (χ4n) is 4.09. The molecule has 2 N–H and O–H groups in total. The first-order valence-corrected chi connectivity index (χ1v) is 13.6. The molecule has 39 heavy (non-hydrogen) atoms. The van der Waals surface area contributed by atoms with Gasteiger partial charge in [0.1, 0.15) is 18.1 Å². The van der Waals surface area contributed by atoms with Crippen LogP contribution in [0.25, 0.3) is 10.6 Å². The van der Waals surface area contributed by atoms with Crippen LogP contribution in [-0.4, -0.2) is 67.3 Å². The number of ether oxygens (including phenoxy) is 3. The molecule has 0 radical (unpaired) electrons. The zero-order valence-electron chi connectivity index (χ0n) is 21.8. The highest BCUT2D eigenvalue weighted by Crippen LogP contribution is 2.28. The Morgan fingerprint density at radius 1 is 1.05 bits per heavy atom. The minimum Gasteiger partial charge on any atom is -0.497 e. The van der Waals surface area contributed by atoms with E-state index in [4.69, 9.17) is 14.2 Å². The Morgan fingerprint density at radius 3 is 2.72 bits per heavy atom. The number of morpholine rings is 1. The van der Waals surface area contributed by atoms with Crippen LogP contribution in [0.4, 0.5) is 11.6 Å². The molecule has 0 atom stereocenters. The number of anilines is 2. The van der Waals surface area contributed by atoms with Crippen molar-refractivity contribution in [3.8, 4) is 22.1 Å². The maximum absolute atomic E-state index is 12.7. The predicted octanol–water partition coefficient (Wildman–Crippen LogP) is 4.60. The van der Waals surface area contributed by atoms with Gasteiger partial charge in [-0.1, -0.05) is 12.1 Å². The summed E-state index contributed by atoms with van der Waals surface area (Å²) in [6.45, 7) is 5.43. The van der Waals surface area contributed by atoms with Gasteiger partial charge in [-0.05, 0) is 60.2 Å². The van der Waals surface area contributed by atoms with E-state index < -0.39 is 0 Å². The molecule has 10 heteroatoms. The lowest BCUT2D eigenvalue weighted by Gasteiger charge is -2.26. The van der Waals surface area contributed by atoms with Gasteiger partial charge in [0.25, 0.3) is 5.91 Å². The monoisotopic (exact) mass is 545 g/mol. The third-order valence-electron chi connectivity index (χ3n) is 6.22. The number of nitrogens with zero attached hydrogens (tertiary/aromatic N) is 3. The van der Waals surface area contributed by atoms with Crippen molar-refractivity contribution >= 4 is 28.9 Å². The largest absolute Gasteiger partial charge is 0.497 e. The summed E-state index contributed by atoms with van der Waals surface area (Å²) < 4.78 is 16.5. The molecule has 0 bridgehead atoms. The number of hydrogen-bond acceptors (Lipinski definition) is 9. The molecular formula is C29H31N5O4S. The molecule has 202 valence electrons. The van der Waals surface area contributed by atoms with Crippen molar-refractivity contribution in [2.75, 3.05) is 51.9 Å². The summed E-state index contributed by atoms with van der Waals surface area (Å²) in [5.74, 6) is 1.93. The van der Waals surface area contributed by atoms with Crippen molar-refractivity contribution in [1.82, 2.24) is 20.2 Å². The van der Waals surface area contributed by atoms with E-state index in [1.165, 1.54) is 11.3 Å². The Bertz CT molecular complexity index is 1370. The van der Waals surface area contributed by atoms with Gasteiger partial charge >= 0.3 is 0 Å². The Labute approximate surface area is 231 Å². The van der Waals surface area contributed by atoms with E-state index >= 15 is 0 Å². The quantitative estimate of drug-likeness (QED) is 0.282. The molecule has 0 spiro atoms. The number of methoxy groups -OCH3 is 1. The summed E-state index contributed by atoms with van der Waals surface area (Å²) >= 11 is 1.39. The highest BCUT2D eigenvalue weighted by Gasteiger charge is 2.13. The Kier molecular flexibility index (Phi) is 9.00. The van der Waals surface area contributed by atoms with Gasteiger partial charge in [-0.15, -0.1) is 11.3 Å². The normalized spacial score (nSPS) is 13.6. The zero-order chi connectivity index (χ0) is 26.9. The number of carbonyl (C=O) groups excluding carboxylic acids is 1. The van der Waals surface area contributed by atoms with E-state index in [9.17, 15) is 4.79 Å². The zero-order valence-corrected chi connectivity index (χ0v) is 22.6. The predicted molar refractivity (Wildman–Crippen MR) is 152 cm³/mol. The number of rotatable bonds is 11. The molecule has 1 saturated heterocycles. The van der Waals surface area contributed by atoms with Gasteiger partial charge in [0.2, 0.25) is 5.95 Å². The first-order valence-electron chi connectivity index (χ1n) is 12.8. The highest BCUT2D eigenvalue weighted by atomic mass is 32.1. The van der Waals surface area contributed by atoms with Gasteiger partial charge in [0.15, 0.2) is 0 Å². The van der Waals surface area contributed by atoms with E-state index in [0.29, 0.717) is 24.0 Å². The van der Waals surface area contributed by atoms with E-state index in [0.717, 1.165) is 66.2 Å². The molecule has 1 aliphatic heterocycles. The van der Waals surface area contributed by atoms with Gasteiger partial charge in [-0.25, -0.2) is 9.97 Å². The first kappa shape index (κ1) is 26.6. The standard InChI is InChI=1S/C29H31N5O4S/c1-36-24-4-2-3-21(19-24)20-31-28(35)27-10-9-26(39-27)25-11-12-30-29(33-25)32-22-5-7-23(8-6-22)38-18-15-34-13-16-37-17-14-34/h2-12,19H,13-18,20H2,1H3,(H,31,35)(H,30,32,33). The van der Waals surface area contributed by atoms with E-state index in [2.05, 4.69) is 25.5 Å². The smallest absolute Gasteiger partial charge is 0.261 e. The van der Waals surface area contributed by atoms with Crippen LogP contribution in [0.1, 0.15) is 15.2 Å². The fraction of sp³-hybridized carbons (Fsp3) is 0.276. The lowest BCUT2D eigenvalue weighted by Crippen LogP contribution is -2.38. The molecule has 1 aliphatic rings. The SMILES string of the molecule is COc1cccc(CNC(=O)c2ccc(-c3ccnc(Nc4ccc(OCCN5CCOCC5)cc4)n3)s2)c1. The van der Waals surface area contributed by atoms with Crippen LogP contribution in [0.2, 0.25) is 0 Å². The van der Waals surface area contributed by atoms with Gasteiger partial charge in [0.05, 0.1) is 35.8 Å². The molecule has 2 aromatic heterocycles. The van der Waals surface area contributed by atoms with Crippen molar-refractivity contribution in [1.29, 1.82) is 0 Å². The summed E-state index contributed by atoms with van der Waals surface area (Å²) in [5, 5.41) is 6.20. The number of benzene rings is 2. The maximum atomic E-state index is 12.7. The Hall–Kier alpha value is -3.99. The molecule has 1 fully saturated rings. The van der Waals surface area contributed by atoms with Crippen LogP contribution in [0, 0.1) is 0 Å². The number of thiophene rings is 1. The van der Waals surface area contributed by atoms with Crippen LogP contribution in [0.5, 0.6) is 11.5 Å². The van der Waals surface area contributed by atoms with Crippen molar-refractivity contribution in [2.24, 2.45) is 0 Å². The minimum absolute atomic E-state index is 0.131. The average Bonchev–Trinajstić information content (AvgIpc) is 3.48. The van der Waals surface area contributed by atoms with Crippen LogP contribution in [0.15, 0.2) is 72.9 Å². The van der Waals surface area contributed by atoms with Crippen LogP contribution in [0.3, 0.4) is 0 Å². The summed E-state index contributed by atoms with van der Waals surface area (Å²) in [5.41, 5.74) is 2.57. The molecule has 4 aromatic rings. The molecule has 0 saturated carbocycles. The van der Waals surface area contributed by atoms with E-state index in [1.54, 1.807) is 13.3 Å². The number of amides is 1. The molecule has 2 aromatic carbocycles. The second-order valence-electron chi connectivity index (χ2n) is 8.92. The summed E-state index contributed by atoms with van der Waals surface area (Å²) in [4.78, 5) is 25.5.